The Kier molecular flexibility index (Phi) is 5.10. The Morgan fingerprint density at radius 1 is 1.23 bits per heavy atom. The van der Waals surface area contributed by atoms with Gasteiger partial charge < -0.3 is 15.0 Å². The van der Waals surface area contributed by atoms with Gasteiger partial charge in [0.2, 0.25) is 0 Å². The summed E-state index contributed by atoms with van der Waals surface area (Å²) in [6, 6.07) is 1.43. The van der Waals surface area contributed by atoms with Gasteiger partial charge in [-0.2, -0.15) is 0 Å². The summed E-state index contributed by atoms with van der Waals surface area (Å²) in [6.07, 6.45) is 5.76. The number of hydrogen-bond donors (Lipinski definition) is 1. The second kappa shape index (κ2) is 6.38. The molecular weight excluding hydrogens is 276 g/mol. The van der Waals surface area contributed by atoms with Crippen LogP contribution in [0.2, 0.25) is 0 Å². The number of nitrogens with zero attached hydrogens (tertiary/aromatic N) is 1. The maximum Gasteiger partial charge on any atom is 0.410 e. The van der Waals surface area contributed by atoms with Gasteiger partial charge in [0.25, 0.3) is 0 Å². The molecule has 1 aliphatic carbocycles. The average Bonchev–Trinajstić information content (AvgIpc) is 2.66. The predicted octanol–water partition coefficient (Wildman–Crippen LogP) is 3.94. The molecule has 2 rings (SSSR count). The number of rotatable bonds is 2. The zero-order valence-electron chi connectivity index (χ0n) is 15.2. The van der Waals surface area contributed by atoms with E-state index in [1.54, 1.807) is 0 Å². The van der Waals surface area contributed by atoms with Crippen LogP contribution in [0.15, 0.2) is 0 Å². The van der Waals surface area contributed by atoms with Gasteiger partial charge in [0.1, 0.15) is 5.60 Å². The van der Waals surface area contributed by atoms with Gasteiger partial charge in [-0.3, -0.25) is 0 Å². The third-order valence-corrected chi connectivity index (χ3v) is 4.94. The molecule has 1 aliphatic heterocycles. The Morgan fingerprint density at radius 2 is 1.91 bits per heavy atom. The zero-order chi connectivity index (χ0) is 16.5. The minimum Gasteiger partial charge on any atom is -0.444 e. The molecule has 22 heavy (non-hydrogen) atoms. The number of amides is 1. The zero-order valence-corrected chi connectivity index (χ0v) is 15.2. The number of likely N-dealkylation sites (tertiary alicyclic amines) is 1. The summed E-state index contributed by atoms with van der Waals surface area (Å²) in [5.74, 6) is 0. The largest absolute Gasteiger partial charge is 0.444 e. The number of hydrogen-bond acceptors (Lipinski definition) is 3. The molecule has 3 unspecified atom stereocenters. The van der Waals surface area contributed by atoms with Crippen molar-refractivity contribution in [2.24, 2.45) is 5.41 Å². The van der Waals surface area contributed by atoms with Crippen LogP contribution in [0.3, 0.4) is 0 Å². The highest BCUT2D eigenvalue weighted by Gasteiger charge is 2.35. The van der Waals surface area contributed by atoms with Crippen LogP contribution in [0, 0.1) is 5.41 Å². The van der Waals surface area contributed by atoms with Crippen LogP contribution >= 0.6 is 0 Å². The number of carbonyl (C=O) groups is 1. The molecule has 2 fully saturated rings. The van der Waals surface area contributed by atoms with E-state index >= 15 is 0 Å². The Bertz CT molecular complexity index is 400. The quantitative estimate of drug-likeness (QED) is 0.840. The predicted molar refractivity (Wildman–Crippen MR) is 90.0 cm³/mol. The van der Waals surface area contributed by atoms with Gasteiger partial charge in [-0.25, -0.2) is 4.79 Å². The lowest BCUT2D eigenvalue weighted by Gasteiger charge is -2.39. The van der Waals surface area contributed by atoms with Gasteiger partial charge in [-0.1, -0.05) is 13.8 Å². The van der Waals surface area contributed by atoms with Crippen LogP contribution in [0.1, 0.15) is 73.6 Å². The molecule has 0 radical (unpaired) electrons. The van der Waals surface area contributed by atoms with E-state index in [0.29, 0.717) is 17.5 Å². The number of piperidine rings is 1. The standard InChI is InChI=1S/C18H34N2O2/c1-13-11-14(19-15-7-9-18(5,6)12-15)8-10-20(13)16(21)22-17(2,3)4/h13-15,19H,7-12H2,1-6H3. The van der Waals surface area contributed by atoms with E-state index in [1.165, 1.54) is 19.3 Å². The highest BCUT2D eigenvalue weighted by Crippen LogP contribution is 2.37. The first-order chi connectivity index (χ1) is 10.1. The fraction of sp³-hybridized carbons (Fsp3) is 0.944. The molecule has 128 valence electrons. The van der Waals surface area contributed by atoms with Crippen molar-refractivity contribution in [1.82, 2.24) is 10.2 Å². The molecule has 0 bridgehead atoms. The molecule has 4 nitrogen and oxygen atoms in total. The van der Waals surface area contributed by atoms with Crippen LogP contribution in [-0.2, 0) is 4.74 Å². The van der Waals surface area contributed by atoms with Crippen LogP contribution in [0.25, 0.3) is 0 Å². The van der Waals surface area contributed by atoms with E-state index < -0.39 is 5.60 Å². The third-order valence-electron chi connectivity index (χ3n) is 4.94. The second-order valence-electron chi connectivity index (χ2n) is 9.01. The van der Waals surface area contributed by atoms with E-state index in [4.69, 9.17) is 4.74 Å². The highest BCUT2D eigenvalue weighted by molar-refractivity contribution is 5.68. The Hall–Kier alpha value is -0.770. The van der Waals surface area contributed by atoms with Crippen molar-refractivity contribution in [3.8, 4) is 0 Å². The number of carbonyl (C=O) groups excluding carboxylic acids is 1. The number of nitrogens with one attached hydrogen (secondary N) is 1. The minimum atomic E-state index is -0.415. The van der Waals surface area contributed by atoms with Crippen LogP contribution in [0.5, 0.6) is 0 Å². The molecule has 0 aromatic heterocycles. The maximum atomic E-state index is 12.2. The first kappa shape index (κ1) is 17.6. The van der Waals surface area contributed by atoms with Crippen molar-refractivity contribution in [2.75, 3.05) is 6.54 Å². The normalized spacial score (nSPS) is 32.1. The molecule has 0 aromatic rings. The summed E-state index contributed by atoms with van der Waals surface area (Å²) in [5, 5.41) is 3.83. The van der Waals surface area contributed by atoms with Crippen LogP contribution in [-0.4, -0.2) is 41.3 Å². The molecule has 1 N–H and O–H groups in total. The van der Waals surface area contributed by atoms with Gasteiger partial charge >= 0.3 is 6.09 Å². The second-order valence-corrected chi connectivity index (χ2v) is 9.01. The smallest absolute Gasteiger partial charge is 0.410 e. The first-order valence-electron chi connectivity index (χ1n) is 8.81. The molecule has 1 saturated carbocycles. The van der Waals surface area contributed by atoms with E-state index in [9.17, 15) is 4.79 Å². The summed E-state index contributed by atoms with van der Waals surface area (Å²) in [4.78, 5) is 14.1. The molecule has 1 saturated heterocycles. The van der Waals surface area contributed by atoms with Crippen molar-refractivity contribution in [2.45, 2.75) is 97.4 Å². The Labute approximate surface area is 136 Å². The van der Waals surface area contributed by atoms with Crippen LogP contribution < -0.4 is 5.32 Å². The lowest BCUT2D eigenvalue weighted by atomic mass is 9.91. The molecule has 3 atom stereocenters. The Morgan fingerprint density at radius 3 is 2.41 bits per heavy atom. The summed E-state index contributed by atoms with van der Waals surface area (Å²) >= 11 is 0. The fourth-order valence-corrected chi connectivity index (χ4v) is 3.83. The molecule has 1 amide bonds. The van der Waals surface area contributed by atoms with Gasteiger partial charge in [-0.15, -0.1) is 0 Å². The molecular formula is C18H34N2O2. The van der Waals surface area contributed by atoms with Crippen LogP contribution in [0.4, 0.5) is 4.79 Å². The minimum absolute atomic E-state index is 0.166. The highest BCUT2D eigenvalue weighted by atomic mass is 16.6. The Balaban J connectivity index is 1.81. The molecule has 0 spiro atoms. The van der Waals surface area contributed by atoms with Gasteiger partial charge in [-0.05, 0) is 65.2 Å². The van der Waals surface area contributed by atoms with E-state index in [0.717, 1.165) is 19.4 Å². The van der Waals surface area contributed by atoms with Crippen molar-refractivity contribution >= 4 is 6.09 Å². The lowest BCUT2D eigenvalue weighted by molar-refractivity contribution is 0.00899. The van der Waals surface area contributed by atoms with Gasteiger partial charge in [0.15, 0.2) is 0 Å². The van der Waals surface area contributed by atoms with E-state index in [1.807, 2.05) is 25.7 Å². The van der Waals surface area contributed by atoms with E-state index in [2.05, 4.69) is 26.1 Å². The molecule has 1 heterocycles. The fourth-order valence-electron chi connectivity index (χ4n) is 3.83. The summed E-state index contributed by atoms with van der Waals surface area (Å²) < 4.78 is 5.51. The monoisotopic (exact) mass is 310 g/mol. The SMILES string of the molecule is CC1CC(NC2CCC(C)(C)C2)CCN1C(=O)OC(C)(C)C. The summed E-state index contributed by atoms with van der Waals surface area (Å²) in [6.45, 7) is 13.4. The topological polar surface area (TPSA) is 41.6 Å². The van der Waals surface area contributed by atoms with Crippen molar-refractivity contribution < 1.29 is 9.53 Å². The van der Waals surface area contributed by atoms with Gasteiger partial charge in [0, 0.05) is 24.7 Å². The summed E-state index contributed by atoms with van der Waals surface area (Å²) in [7, 11) is 0. The lowest BCUT2D eigenvalue weighted by Crippen LogP contribution is -2.52. The molecule has 2 aliphatic rings. The van der Waals surface area contributed by atoms with Gasteiger partial charge in [0.05, 0.1) is 0 Å². The van der Waals surface area contributed by atoms with Crippen molar-refractivity contribution in [3.63, 3.8) is 0 Å². The third kappa shape index (κ3) is 4.87. The van der Waals surface area contributed by atoms with E-state index in [-0.39, 0.29) is 12.1 Å². The molecule has 4 heteroatoms. The van der Waals surface area contributed by atoms with Crippen molar-refractivity contribution in [1.29, 1.82) is 0 Å². The molecule has 0 aromatic carbocycles. The number of ether oxygens (including phenoxy) is 1. The van der Waals surface area contributed by atoms with Crippen molar-refractivity contribution in [3.05, 3.63) is 0 Å². The first-order valence-corrected chi connectivity index (χ1v) is 8.81. The summed E-state index contributed by atoms with van der Waals surface area (Å²) in [5.41, 5.74) is 0.0713. The average molecular weight is 310 g/mol. The maximum absolute atomic E-state index is 12.2.